The fraction of sp³-hybridized carbons (Fsp3) is 0.125. The summed E-state index contributed by atoms with van der Waals surface area (Å²) in [5.41, 5.74) is -0.0606. The average molecular weight is 302 g/mol. The van der Waals surface area contributed by atoms with Crippen LogP contribution in [0.5, 0.6) is 0 Å². The molecular weight excluding hydrogens is 290 g/mol. The molecule has 3 rings (SSSR count). The zero-order valence-electron chi connectivity index (χ0n) is 11.7. The molecule has 0 amide bonds. The first kappa shape index (κ1) is 14.2. The van der Waals surface area contributed by atoms with Gasteiger partial charge >= 0.3 is 5.69 Å². The van der Waals surface area contributed by atoms with E-state index in [2.05, 4.69) is 4.98 Å². The maximum Gasteiger partial charge on any atom is 0.329 e. The molecule has 3 aromatic rings. The third-order valence-corrected chi connectivity index (χ3v) is 3.54. The van der Waals surface area contributed by atoms with Crippen LogP contribution in [0, 0.1) is 18.6 Å². The quantitative estimate of drug-likeness (QED) is 0.790. The highest BCUT2D eigenvalue weighted by Crippen LogP contribution is 2.15. The number of H-pyrrole nitrogens is 1. The van der Waals surface area contributed by atoms with Crippen molar-refractivity contribution in [3.8, 4) is 0 Å². The Kier molecular flexibility index (Phi) is 3.36. The Morgan fingerprint density at radius 2 is 1.86 bits per heavy atom. The van der Waals surface area contributed by atoms with Crippen LogP contribution in [0.15, 0.2) is 46.0 Å². The lowest BCUT2D eigenvalue weighted by Gasteiger charge is -2.10. The molecule has 0 aliphatic carbocycles. The monoisotopic (exact) mass is 302 g/mol. The highest BCUT2D eigenvalue weighted by molar-refractivity contribution is 5.78. The van der Waals surface area contributed by atoms with E-state index >= 15 is 0 Å². The minimum atomic E-state index is -0.760. The Hall–Kier alpha value is -2.76. The van der Waals surface area contributed by atoms with E-state index in [0.29, 0.717) is 11.1 Å². The first-order valence-electron chi connectivity index (χ1n) is 6.64. The summed E-state index contributed by atoms with van der Waals surface area (Å²) in [7, 11) is 0. The lowest BCUT2D eigenvalue weighted by Crippen LogP contribution is -2.31. The van der Waals surface area contributed by atoms with Gasteiger partial charge in [-0.3, -0.25) is 14.3 Å². The molecule has 2 aromatic carbocycles. The molecule has 0 radical (unpaired) electrons. The summed E-state index contributed by atoms with van der Waals surface area (Å²) in [6.07, 6.45) is 0. The number of fused-ring (bicyclic) bond motifs is 1. The van der Waals surface area contributed by atoms with Gasteiger partial charge in [0.15, 0.2) is 0 Å². The lowest BCUT2D eigenvalue weighted by atomic mass is 10.1. The average Bonchev–Trinajstić information content (AvgIpc) is 2.46. The minimum absolute atomic E-state index is 0.108. The van der Waals surface area contributed by atoms with Crippen molar-refractivity contribution in [2.24, 2.45) is 0 Å². The standard InChI is InChI=1S/C16H12F2N2O2/c1-9-7-10(5-6-11(9)17)8-20-13-4-2-3-12(18)14(13)15(21)19-16(20)22/h2-7H,8H2,1H3,(H,19,21,22). The first-order chi connectivity index (χ1) is 10.5. The maximum absolute atomic E-state index is 13.8. The van der Waals surface area contributed by atoms with Gasteiger partial charge in [-0.15, -0.1) is 0 Å². The van der Waals surface area contributed by atoms with Crippen molar-refractivity contribution in [3.63, 3.8) is 0 Å². The first-order valence-corrected chi connectivity index (χ1v) is 6.64. The van der Waals surface area contributed by atoms with Gasteiger partial charge in [-0.05, 0) is 36.2 Å². The van der Waals surface area contributed by atoms with Crippen molar-refractivity contribution in [1.29, 1.82) is 0 Å². The Balaban J connectivity index is 2.22. The number of aromatic amines is 1. The van der Waals surface area contributed by atoms with Gasteiger partial charge in [0.25, 0.3) is 5.56 Å². The number of nitrogens with one attached hydrogen (secondary N) is 1. The van der Waals surface area contributed by atoms with E-state index < -0.39 is 17.1 Å². The number of hydrogen-bond donors (Lipinski definition) is 1. The predicted molar refractivity (Wildman–Crippen MR) is 79.0 cm³/mol. The zero-order valence-corrected chi connectivity index (χ0v) is 11.7. The summed E-state index contributed by atoms with van der Waals surface area (Å²) in [6.45, 7) is 1.73. The summed E-state index contributed by atoms with van der Waals surface area (Å²) >= 11 is 0. The number of hydrogen-bond acceptors (Lipinski definition) is 2. The fourth-order valence-electron chi connectivity index (χ4n) is 2.44. The van der Waals surface area contributed by atoms with Gasteiger partial charge in [-0.2, -0.15) is 0 Å². The van der Waals surface area contributed by atoms with Crippen LogP contribution in [0.1, 0.15) is 11.1 Å². The number of halogens is 2. The van der Waals surface area contributed by atoms with E-state index in [0.717, 1.165) is 6.07 Å². The van der Waals surface area contributed by atoms with Crippen molar-refractivity contribution < 1.29 is 8.78 Å². The highest BCUT2D eigenvalue weighted by Gasteiger charge is 2.11. The molecule has 22 heavy (non-hydrogen) atoms. The van der Waals surface area contributed by atoms with Crippen molar-refractivity contribution in [2.75, 3.05) is 0 Å². The van der Waals surface area contributed by atoms with E-state index in [-0.39, 0.29) is 23.3 Å². The molecule has 0 saturated heterocycles. The summed E-state index contributed by atoms with van der Waals surface area (Å²) in [4.78, 5) is 25.9. The summed E-state index contributed by atoms with van der Waals surface area (Å²) in [6, 6.07) is 8.57. The minimum Gasteiger partial charge on any atom is -0.289 e. The molecule has 0 bridgehead atoms. The number of aryl methyl sites for hydroxylation is 1. The Bertz CT molecular complexity index is 990. The van der Waals surface area contributed by atoms with E-state index in [1.54, 1.807) is 19.1 Å². The van der Waals surface area contributed by atoms with Gasteiger partial charge in [0.1, 0.15) is 11.6 Å². The Labute approximate surface area is 123 Å². The molecule has 0 unspecified atom stereocenters. The van der Waals surface area contributed by atoms with E-state index in [1.807, 2.05) is 0 Å². The smallest absolute Gasteiger partial charge is 0.289 e. The van der Waals surface area contributed by atoms with Gasteiger partial charge in [0.2, 0.25) is 0 Å². The van der Waals surface area contributed by atoms with Crippen LogP contribution in [0.2, 0.25) is 0 Å². The second-order valence-electron chi connectivity index (χ2n) is 5.06. The molecule has 0 fully saturated rings. The largest absolute Gasteiger partial charge is 0.329 e. The topological polar surface area (TPSA) is 54.9 Å². The van der Waals surface area contributed by atoms with E-state index in [4.69, 9.17) is 0 Å². The predicted octanol–water partition coefficient (Wildman–Crippen LogP) is 2.32. The number of nitrogens with zero attached hydrogens (tertiary/aromatic N) is 1. The summed E-state index contributed by atoms with van der Waals surface area (Å²) in [5, 5.41) is -0.166. The SMILES string of the molecule is Cc1cc(Cn2c(=O)[nH]c(=O)c3c(F)cccc32)ccc1F. The molecule has 4 nitrogen and oxygen atoms in total. The van der Waals surface area contributed by atoms with Crippen LogP contribution in [-0.4, -0.2) is 9.55 Å². The van der Waals surface area contributed by atoms with Gasteiger partial charge in [-0.1, -0.05) is 18.2 Å². The van der Waals surface area contributed by atoms with Gasteiger partial charge in [0, 0.05) is 0 Å². The second-order valence-corrected chi connectivity index (χ2v) is 5.06. The molecule has 1 aromatic heterocycles. The molecule has 0 spiro atoms. The zero-order chi connectivity index (χ0) is 15.9. The molecular formula is C16H12F2N2O2. The van der Waals surface area contributed by atoms with E-state index in [9.17, 15) is 18.4 Å². The number of benzene rings is 2. The normalized spacial score (nSPS) is 11.0. The third-order valence-electron chi connectivity index (χ3n) is 3.54. The lowest BCUT2D eigenvalue weighted by molar-refractivity contribution is 0.616. The molecule has 0 aliphatic heterocycles. The van der Waals surface area contributed by atoms with Crippen molar-refractivity contribution in [3.05, 3.63) is 80.0 Å². The van der Waals surface area contributed by atoms with Gasteiger partial charge in [-0.25, -0.2) is 13.6 Å². The van der Waals surface area contributed by atoms with Crippen LogP contribution in [0.4, 0.5) is 8.78 Å². The molecule has 6 heteroatoms. The summed E-state index contributed by atoms with van der Waals surface area (Å²) in [5.74, 6) is -1.03. The highest BCUT2D eigenvalue weighted by atomic mass is 19.1. The van der Waals surface area contributed by atoms with Crippen LogP contribution >= 0.6 is 0 Å². The van der Waals surface area contributed by atoms with Crippen LogP contribution < -0.4 is 11.2 Å². The summed E-state index contributed by atoms with van der Waals surface area (Å²) < 4.78 is 28.4. The maximum atomic E-state index is 13.8. The Morgan fingerprint density at radius 3 is 2.59 bits per heavy atom. The number of rotatable bonds is 2. The fourth-order valence-corrected chi connectivity index (χ4v) is 2.44. The van der Waals surface area contributed by atoms with Crippen molar-refractivity contribution >= 4 is 10.9 Å². The van der Waals surface area contributed by atoms with Gasteiger partial charge < -0.3 is 0 Å². The third kappa shape index (κ3) is 2.32. The molecule has 1 heterocycles. The van der Waals surface area contributed by atoms with E-state index in [1.165, 1.54) is 22.8 Å². The van der Waals surface area contributed by atoms with Crippen LogP contribution in [-0.2, 0) is 6.54 Å². The van der Waals surface area contributed by atoms with Gasteiger partial charge in [0.05, 0.1) is 17.4 Å². The van der Waals surface area contributed by atoms with Crippen LogP contribution in [0.3, 0.4) is 0 Å². The molecule has 0 atom stereocenters. The van der Waals surface area contributed by atoms with Crippen molar-refractivity contribution in [1.82, 2.24) is 9.55 Å². The second kappa shape index (κ2) is 5.22. The Morgan fingerprint density at radius 1 is 1.09 bits per heavy atom. The van der Waals surface area contributed by atoms with Crippen molar-refractivity contribution in [2.45, 2.75) is 13.5 Å². The van der Waals surface area contributed by atoms with Crippen LogP contribution in [0.25, 0.3) is 10.9 Å². The number of aromatic nitrogens is 2. The molecule has 0 aliphatic rings. The molecule has 0 saturated carbocycles. The molecule has 1 N–H and O–H groups in total. The molecule has 112 valence electrons.